The molecule has 0 aliphatic heterocycles. The van der Waals surface area contributed by atoms with Crippen LogP contribution in [0.4, 0.5) is 5.82 Å². The first-order valence-electron chi connectivity index (χ1n) is 5.29. The van der Waals surface area contributed by atoms with E-state index >= 15 is 0 Å². The fourth-order valence-corrected chi connectivity index (χ4v) is 1.87. The number of halogens is 1. The van der Waals surface area contributed by atoms with Crippen LogP contribution in [-0.4, -0.2) is 19.5 Å². The molecule has 0 radical (unpaired) electrons. The fraction of sp³-hybridized carbons (Fsp3) is 0.273. The lowest BCUT2D eigenvalue weighted by Crippen LogP contribution is -2.27. The SMILES string of the molecule is Cc1nc(=O)n(Cc2cnc(N)cn2)c(C)c1Br. The van der Waals surface area contributed by atoms with Crippen LogP contribution in [0.1, 0.15) is 17.1 Å². The minimum Gasteiger partial charge on any atom is -0.382 e. The zero-order chi connectivity index (χ0) is 13.3. The summed E-state index contributed by atoms with van der Waals surface area (Å²) in [5, 5.41) is 0. The number of anilines is 1. The number of rotatable bonds is 2. The summed E-state index contributed by atoms with van der Waals surface area (Å²) in [6, 6.07) is 0. The Hall–Kier alpha value is -1.76. The summed E-state index contributed by atoms with van der Waals surface area (Å²) < 4.78 is 2.36. The van der Waals surface area contributed by atoms with Crippen molar-refractivity contribution in [3.05, 3.63) is 44.4 Å². The molecule has 18 heavy (non-hydrogen) atoms. The molecule has 2 heterocycles. The summed E-state index contributed by atoms with van der Waals surface area (Å²) in [7, 11) is 0. The third-order valence-corrected chi connectivity index (χ3v) is 3.73. The van der Waals surface area contributed by atoms with E-state index in [0.717, 1.165) is 10.2 Å². The maximum Gasteiger partial charge on any atom is 0.348 e. The van der Waals surface area contributed by atoms with E-state index in [4.69, 9.17) is 5.73 Å². The minimum absolute atomic E-state index is 0.299. The van der Waals surface area contributed by atoms with Crippen LogP contribution in [0.3, 0.4) is 0 Å². The average molecular weight is 310 g/mol. The molecule has 0 amide bonds. The first kappa shape index (κ1) is 12.7. The zero-order valence-corrected chi connectivity index (χ0v) is 11.6. The van der Waals surface area contributed by atoms with Gasteiger partial charge in [0.25, 0.3) is 0 Å². The number of nitrogen functional groups attached to an aromatic ring is 1. The smallest absolute Gasteiger partial charge is 0.348 e. The summed E-state index contributed by atoms with van der Waals surface area (Å²) in [5.41, 5.74) is 7.31. The molecule has 0 unspecified atom stereocenters. The number of hydrogen-bond acceptors (Lipinski definition) is 5. The Balaban J connectivity index is 2.44. The predicted molar refractivity (Wildman–Crippen MR) is 71.2 cm³/mol. The van der Waals surface area contributed by atoms with Gasteiger partial charge in [0.1, 0.15) is 5.82 Å². The second-order valence-corrected chi connectivity index (χ2v) is 4.69. The van der Waals surface area contributed by atoms with Crippen LogP contribution >= 0.6 is 15.9 Å². The van der Waals surface area contributed by atoms with Crippen molar-refractivity contribution in [1.29, 1.82) is 0 Å². The fourth-order valence-electron chi connectivity index (χ4n) is 1.57. The highest BCUT2D eigenvalue weighted by Crippen LogP contribution is 2.17. The molecule has 94 valence electrons. The van der Waals surface area contributed by atoms with Crippen molar-refractivity contribution in [2.75, 3.05) is 5.73 Å². The lowest BCUT2D eigenvalue weighted by atomic mass is 10.3. The molecule has 0 spiro atoms. The van der Waals surface area contributed by atoms with Crippen LogP contribution in [0.5, 0.6) is 0 Å². The van der Waals surface area contributed by atoms with E-state index in [0.29, 0.717) is 23.8 Å². The second-order valence-electron chi connectivity index (χ2n) is 3.90. The lowest BCUT2D eigenvalue weighted by molar-refractivity contribution is 0.673. The first-order valence-corrected chi connectivity index (χ1v) is 6.08. The van der Waals surface area contributed by atoms with Gasteiger partial charge in [-0.15, -0.1) is 0 Å². The van der Waals surface area contributed by atoms with Gasteiger partial charge in [0, 0.05) is 5.69 Å². The maximum absolute atomic E-state index is 11.8. The summed E-state index contributed by atoms with van der Waals surface area (Å²) in [5.74, 6) is 0.353. The van der Waals surface area contributed by atoms with Gasteiger partial charge < -0.3 is 5.73 Å². The first-order chi connectivity index (χ1) is 8.49. The average Bonchev–Trinajstić information content (AvgIpc) is 2.34. The number of nitrogens with zero attached hydrogens (tertiary/aromatic N) is 4. The van der Waals surface area contributed by atoms with E-state index in [2.05, 4.69) is 30.9 Å². The highest BCUT2D eigenvalue weighted by Gasteiger charge is 2.10. The van der Waals surface area contributed by atoms with Crippen LogP contribution in [0, 0.1) is 13.8 Å². The zero-order valence-electron chi connectivity index (χ0n) is 10.0. The van der Waals surface area contributed by atoms with Gasteiger partial charge in [-0.1, -0.05) is 0 Å². The van der Waals surface area contributed by atoms with Crippen LogP contribution in [0.2, 0.25) is 0 Å². The molecule has 2 aromatic rings. The van der Waals surface area contributed by atoms with Crippen LogP contribution in [-0.2, 0) is 6.54 Å². The van der Waals surface area contributed by atoms with E-state index in [9.17, 15) is 4.79 Å². The van der Waals surface area contributed by atoms with E-state index in [1.807, 2.05) is 6.92 Å². The molecular formula is C11H12BrN5O. The van der Waals surface area contributed by atoms with Crippen molar-refractivity contribution >= 4 is 21.7 Å². The van der Waals surface area contributed by atoms with Gasteiger partial charge in [0.2, 0.25) is 0 Å². The highest BCUT2D eigenvalue weighted by atomic mass is 79.9. The largest absolute Gasteiger partial charge is 0.382 e. The molecule has 2 aromatic heterocycles. The van der Waals surface area contributed by atoms with Gasteiger partial charge in [-0.25, -0.2) is 9.78 Å². The van der Waals surface area contributed by atoms with Crippen molar-refractivity contribution < 1.29 is 0 Å². The van der Waals surface area contributed by atoms with Crippen LogP contribution in [0.15, 0.2) is 21.7 Å². The van der Waals surface area contributed by atoms with Crippen molar-refractivity contribution in [2.24, 2.45) is 0 Å². The van der Waals surface area contributed by atoms with E-state index in [1.165, 1.54) is 10.8 Å². The Morgan fingerprint density at radius 3 is 2.67 bits per heavy atom. The van der Waals surface area contributed by atoms with Gasteiger partial charge in [-0.3, -0.25) is 9.55 Å². The molecule has 7 heteroatoms. The summed E-state index contributed by atoms with van der Waals surface area (Å²) in [6.07, 6.45) is 3.02. The third-order valence-electron chi connectivity index (χ3n) is 2.58. The number of aromatic nitrogens is 4. The Bertz CT molecular complexity index is 635. The Kier molecular flexibility index (Phi) is 3.42. The van der Waals surface area contributed by atoms with Crippen LogP contribution < -0.4 is 11.4 Å². The summed E-state index contributed by atoms with van der Waals surface area (Å²) in [6.45, 7) is 3.96. The van der Waals surface area contributed by atoms with Crippen molar-refractivity contribution in [3.63, 3.8) is 0 Å². The van der Waals surface area contributed by atoms with Gasteiger partial charge >= 0.3 is 5.69 Å². The quantitative estimate of drug-likeness (QED) is 0.895. The van der Waals surface area contributed by atoms with Gasteiger partial charge in [0.05, 0.1) is 34.8 Å². The monoisotopic (exact) mass is 309 g/mol. The van der Waals surface area contributed by atoms with E-state index in [1.54, 1.807) is 13.1 Å². The topological polar surface area (TPSA) is 86.7 Å². The third kappa shape index (κ3) is 2.40. The molecule has 0 aliphatic carbocycles. The molecule has 2 rings (SSSR count). The van der Waals surface area contributed by atoms with Gasteiger partial charge in [-0.2, -0.15) is 4.98 Å². The van der Waals surface area contributed by atoms with Gasteiger partial charge in [-0.05, 0) is 29.8 Å². The second kappa shape index (κ2) is 4.85. The van der Waals surface area contributed by atoms with Crippen molar-refractivity contribution in [2.45, 2.75) is 20.4 Å². The number of hydrogen-bond donors (Lipinski definition) is 1. The number of nitrogens with two attached hydrogens (primary N) is 1. The van der Waals surface area contributed by atoms with E-state index in [-0.39, 0.29) is 5.69 Å². The molecule has 0 aliphatic rings. The Morgan fingerprint density at radius 1 is 1.33 bits per heavy atom. The molecule has 0 atom stereocenters. The van der Waals surface area contributed by atoms with Gasteiger partial charge in [0.15, 0.2) is 0 Å². The van der Waals surface area contributed by atoms with E-state index < -0.39 is 0 Å². The molecule has 0 saturated heterocycles. The summed E-state index contributed by atoms with van der Waals surface area (Å²) in [4.78, 5) is 23.8. The standard InChI is InChI=1S/C11H12BrN5O/c1-6-10(12)7(2)17(11(18)16-6)5-8-3-15-9(13)4-14-8/h3-4H,5H2,1-2H3,(H2,13,15). The molecule has 0 fully saturated rings. The minimum atomic E-state index is -0.299. The highest BCUT2D eigenvalue weighted by molar-refractivity contribution is 9.10. The van der Waals surface area contributed by atoms with Crippen molar-refractivity contribution in [3.8, 4) is 0 Å². The number of aryl methyl sites for hydroxylation is 1. The molecule has 0 bridgehead atoms. The molecular weight excluding hydrogens is 298 g/mol. The molecule has 0 aromatic carbocycles. The lowest BCUT2D eigenvalue weighted by Gasteiger charge is -2.11. The molecule has 0 saturated carbocycles. The summed E-state index contributed by atoms with van der Waals surface area (Å²) >= 11 is 3.41. The maximum atomic E-state index is 11.8. The molecule has 2 N–H and O–H groups in total. The Morgan fingerprint density at radius 2 is 2.06 bits per heavy atom. The van der Waals surface area contributed by atoms with Crippen molar-refractivity contribution in [1.82, 2.24) is 19.5 Å². The predicted octanol–water partition coefficient (Wildman–Crippen LogP) is 1.04. The molecule has 6 nitrogen and oxygen atoms in total. The Labute approximate surface area is 112 Å². The normalized spacial score (nSPS) is 10.6. The van der Waals surface area contributed by atoms with Crippen LogP contribution in [0.25, 0.3) is 0 Å².